The first kappa shape index (κ1) is 12.5. The van der Waals surface area contributed by atoms with Gasteiger partial charge in [0.2, 0.25) is 5.91 Å². The predicted molar refractivity (Wildman–Crippen MR) is 64.2 cm³/mol. The van der Waals surface area contributed by atoms with Crippen LogP contribution in [0.5, 0.6) is 0 Å². The molecule has 1 aliphatic carbocycles. The van der Waals surface area contributed by atoms with Gasteiger partial charge in [-0.25, -0.2) is 0 Å². The lowest BCUT2D eigenvalue weighted by Gasteiger charge is -2.23. The Balaban J connectivity index is 2.61. The monoisotopic (exact) mass is 222 g/mol. The van der Waals surface area contributed by atoms with Gasteiger partial charge in [-0.2, -0.15) is 0 Å². The van der Waals surface area contributed by atoms with Crippen LogP contribution in [-0.4, -0.2) is 25.8 Å². The largest absolute Gasteiger partial charge is 0.495 e. The minimum absolute atomic E-state index is 0.0251. The number of rotatable bonds is 4. The second-order valence-electron chi connectivity index (χ2n) is 3.78. The van der Waals surface area contributed by atoms with Crippen LogP contribution in [0.3, 0.4) is 0 Å². The van der Waals surface area contributed by atoms with E-state index >= 15 is 0 Å². The maximum atomic E-state index is 10.9. The summed E-state index contributed by atoms with van der Waals surface area (Å²) in [5, 5.41) is 2.91. The molecule has 1 rings (SSSR count). The van der Waals surface area contributed by atoms with Crippen LogP contribution >= 0.6 is 0 Å². The maximum absolute atomic E-state index is 10.9. The normalized spacial score (nSPS) is 21.0. The van der Waals surface area contributed by atoms with Crippen LogP contribution in [0.25, 0.3) is 0 Å². The van der Waals surface area contributed by atoms with Crippen molar-refractivity contribution in [2.24, 2.45) is 4.99 Å². The molecule has 0 bridgehead atoms. The second-order valence-corrected chi connectivity index (χ2v) is 3.78. The lowest BCUT2D eigenvalue weighted by atomic mass is 9.94. The molecule has 1 amide bonds. The van der Waals surface area contributed by atoms with E-state index in [0.29, 0.717) is 0 Å². The van der Waals surface area contributed by atoms with Gasteiger partial charge in [-0.1, -0.05) is 6.08 Å². The lowest BCUT2D eigenvalue weighted by molar-refractivity contribution is -0.119. The topological polar surface area (TPSA) is 50.7 Å². The zero-order valence-electron chi connectivity index (χ0n) is 9.82. The summed E-state index contributed by atoms with van der Waals surface area (Å²) in [5.41, 5.74) is 1.14. The van der Waals surface area contributed by atoms with Gasteiger partial charge >= 0.3 is 0 Å². The Bertz CT molecular complexity index is 332. The van der Waals surface area contributed by atoms with E-state index in [1.54, 1.807) is 20.2 Å². The number of hydrogen-bond donors (Lipinski definition) is 1. The summed E-state index contributed by atoms with van der Waals surface area (Å²) in [4.78, 5) is 14.6. The molecule has 0 aliphatic heterocycles. The number of carbonyl (C=O) groups excluding carboxylic acids is 1. The molecule has 0 fully saturated rings. The summed E-state index contributed by atoms with van der Waals surface area (Å²) in [5.74, 6) is 0.786. The molecular formula is C12H18N2O2. The fourth-order valence-electron chi connectivity index (χ4n) is 1.83. The quantitative estimate of drug-likeness (QED) is 0.582. The Morgan fingerprint density at radius 3 is 2.94 bits per heavy atom. The zero-order chi connectivity index (χ0) is 12.0. The first-order valence-corrected chi connectivity index (χ1v) is 5.34. The summed E-state index contributed by atoms with van der Waals surface area (Å²) in [7, 11) is 1.62. The molecule has 0 saturated heterocycles. The minimum Gasteiger partial charge on any atom is -0.495 e. The highest BCUT2D eigenvalue weighted by atomic mass is 16.5. The molecule has 0 aromatic carbocycles. The van der Waals surface area contributed by atoms with Crippen molar-refractivity contribution in [1.29, 1.82) is 0 Å². The van der Waals surface area contributed by atoms with Crippen molar-refractivity contribution in [3.8, 4) is 0 Å². The molecule has 1 N–H and O–H groups in total. The van der Waals surface area contributed by atoms with Gasteiger partial charge < -0.3 is 10.1 Å². The van der Waals surface area contributed by atoms with Crippen LogP contribution in [0.2, 0.25) is 0 Å². The van der Waals surface area contributed by atoms with Crippen molar-refractivity contribution in [3.05, 3.63) is 23.6 Å². The molecule has 0 heterocycles. The van der Waals surface area contributed by atoms with Crippen LogP contribution in [-0.2, 0) is 9.53 Å². The third-order valence-electron chi connectivity index (χ3n) is 2.56. The Kier molecular flexibility index (Phi) is 4.76. The molecule has 0 spiro atoms. The summed E-state index contributed by atoms with van der Waals surface area (Å²) in [6.07, 6.45) is 6.37. The van der Waals surface area contributed by atoms with E-state index in [1.165, 1.54) is 0 Å². The van der Waals surface area contributed by atoms with Crippen LogP contribution in [0.1, 0.15) is 26.2 Å². The second kappa shape index (κ2) is 6.10. The highest BCUT2D eigenvalue weighted by Gasteiger charge is 2.17. The van der Waals surface area contributed by atoms with Gasteiger partial charge in [0, 0.05) is 13.0 Å². The number of nitrogens with one attached hydrogen (secondary N) is 1. The Morgan fingerprint density at radius 1 is 1.75 bits per heavy atom. The number of aliphatic imine (C=N–C) groups is 1. The lowest BCUT2D eigenvalue weighted by Crippen LogP contribution is -2.34. The van der Waals surface area contributed by atoms with Crippen molar-refractivity contribution >= 4 is 12.6 Å². The summed E-state index contributed by atoms with van der Waals surface area (Å²) >= 11 is 0. The number of amides is 1. The van der Waals surface area contributed by atoms with Crippen LogP contribution < -0.4 is 5.32 Å². The maximum Gasteiger partial charge on any atom is 0.217 e. The van der Waals surface area contributed by atoms with Crippen LogP contribution in [0.15, 0.2) is 28.6 Å². The van der Waals surface area contributed by atoms with Crippen LogP contribution in [0.4, 0.5) is 0 Å². The molecule has 0 aromatic heterocycles. The minimum atomic E-state index is 0.0251. The van der Waals surface area contributed by atoms with Crippen molar-refractivity contribution in [1.82, 2.24) is 5.32 Å². The van der Waals surface area contributed by atoms with E-state index < -0.39 is 0 Å². The molecule has 0 aromatic rings. The number of ether oxygens (including phenoxy) is 1. The van der Waals surface area contributed by atoms with Gasteiger partial charge in [-0.3, -0.25) is 9.79 Å². The number of allylic oxidation sites excluding steroid dienone is 1. The number of hydrogen-bond acceptors (Lipinski definition) is 3. The molecule has 4 nitrogen and oxygen atoms in total. The fraction of sp³-hybridized carbons (Fsp3) is 0.500. The van der Waals surface area contributed by atoms with E-state index in [9.17, 15) is 4.79 Å². The fourth-order valence-corrected chi connectivity index (χ4v) is 1.83. The van der Waals surface area contributed by atoms with Gasteiger partial charge in [0.1, 0.15) is 5.76 Å². The molecule has 0 radical (unpaired) electrons. The Labute approximate surface area is 96.1 Å². The zero-order valence-corrected chi connectivity index (χ0v) is 9.82. The molecule has 1 aliphatic rings. The van der Waals surface area contributed by atoms with Crippen molar-refractivity contribution < 1.29 is 9.53 Å². The molecular weight excluding hydrogens is 204 g/mol. The highest BCUT2D eigenvalue weighted by molar-refractivity contribution is 5.73. The van der Waals surface area contributed by atoms with Crippen molar-refractivity contribution in [3.63, 3.8) is 0 Å². The van der Waals surface area contributed by atoms with Crippen molar-refractivity contribution in [2.45, 2.75) is 32.2 Å². The molecule has 16 heavy (non-hydrogen) atoms. The first-order chi connectivity index (χ1) is 7.67. The number of carbonyl (C=O) groups is 1. The van der Waals surface area contributed by atoms with E-state index in [4.69, 9.17) is 4.74 Å². The number of nitrogens with zero attached hydrogens (tertiary/aromatic N) is 1. The summed E-state index contributed by atoms with van der Waals surface area (Å²) in [6, 6.07) is 0.246. The molecule has 0 saturated carbocycles. The van der Waals surface area contributed by atoms with Crippen molar-refractivity contribution in [2.75, 3.05) is 7.11 Å². The predicted octanol–water partition coefficient (Wildman–Crippen LogP) is 1.79. The van der Waals surface area contributed by atoms with Gasteiger partial charge in [0.05, 0.1) is 13.3 Å². The van der Waals surface area contributed by atoms with Crippen LogP contribution in [0, 0.1) is 0 Å². The smallest absolute Gasteiger partial charge is 0.217 e. The SMILES string of the molecule is C=N/C=C(\OC)C1=CC[C@H](NC(C)=O)CC1. The molecule has 1 atom stereocenters. The van der Waals surface area contributed by atoms with Gasteiger partial charge in [-0.15, -0.1) is 0 Å². The van der Waals surface area contributed by atoms with E-state index in [0.717, 1.165) is 30.6 Å². The van der Waals surface area contributed by atoms with E-state index in [1.807, 2.05) is 0 Å². The third kappa shape index (κ3) is 3.53. The summed E-state index contributed by atoms with van der Waals surface area (Å²) < 4.78 is 5.22. The standard InChI is InChI=1S/C12H18N2O2/c1-9(15)14-11-6-4-10(5-7-11)12(16-3)8-13-2/h4,8,11H,2,5-7H2,1,3H3,(H,14,15)/b12-8-/t11-/m0/s1. The van der Waals surface area contributed by atoms with Gasteiger partial charge in [-0.05, 0) is 31.6 Å². The average Bonchev–Trinajstić information content (AvgIpc) is 2.26. The first-order valence-electron chi connectivity index (χ1n) is 5.34. The Hall–Kier alpha value is -1.58. The number of methoxy groups -OCH3 is 1. The Morgan fingerprint density at radius 2 is 2.50 bits per heavy atom. The third-order valence-corrected chi connectivity index (χ3v) is 2.56. The highest BCUT2D eigenvalue weighted by Crippen LogP contribution is 2.24. The summed E-state index contributed by atoms with van der Waals surface area (Å²) in [6.45, 7) is 4.95. The molecule has 88 valence electrons. The average molecular weight is 222 g/mol. The van der Waals surface area contributed by atoms with E-state index in [-0.39, 0.29) is 11.9 Å². The van der Waals surface area contributed by atoms with Gasteiger partial charge in [0.25, 0.3) is 0 Å². The molecule has 0 unspecified atom stereocenters. The van der Waals surface area contributed by atoms with Gasteiger partial charge in [0.15, 0.2) is 0 Å². The molecule has 4 heteroatoms. The van der Waals surface area contributed by atoms with E-state index in [2.05, 4.69) is 23.1 Å².